The highest BCUT2D eigenvalue weighted by molar-refractivity contribution is 8.26. The van der Waals surface area contributed by atoms with Crippen molar-refractivity contribution in [2.75, 3.05) is 20.3 Å². The van der Waals surface area contributed by atoms with Crippen LogP contribution in [0.5, 0.6) is 11.5 Å². The van der Waals surface area contributed by atoms with Crippen molar-refractivity contribution in [3.05, 3.63) is 68.6 Å². The summed E-state index contributed by atoms with van der Waals surface area (Å²) in [5.74, 6) is 0.911. The molecule has 0 spiro atoms. The highest BCUT2D eigenvalue weighted by atomic mass is 32.2. The van der Waals surface area contributed by atoms with Gasteiger partial charge in [0, 0.05) is 24.7 Å². The molecular formula is C20H18N2O5S2. The molecule has 0 atom stereocenters. The van der Waals surface area contributed by atoms with E-state index < -0.39 is 4.92 Å². The van der Waals surface area contributed by atoms with Gasteiger partial charge in [0.05, 0.1) is 9.83 Å². The number of benzene rings is 2. The van der Waals surface area contributed by atoms with Gasteiger partial charge in [0.2, 0.25) is 0 Å². The molecule has 1 aliphatic rings. The number of ether oxygens (including phenoxy) is 2. The molecule has 2 aromatic carbocycles. The van der Waals surface area contributed by atoms with Crippen LogP contribution in [0.3, 0.4) is 0 Å². The topological polar surface area (TPSA) is 81.9 Å². The van der Waals surface area contributed by atoms with Crippen molar-refractivity contribution in [3.8, 4) is 11.5 Å². The SMILES string of the molecule is Cc1cccc(OCCOc2ccc([N+](=O)[O-])cc2/C=C2\SC(=S)N(C)C2=O)c1. The lowest BCUT2D eigenvalue weighted by atomic mass is 10.1. The normalized spacial score (nSPS) is 15.1. The van der Waals surface area contributed by atoms with Gasteiger partial charge in [-0.2, -0.15) is 0 Å². The van der Waals surface area contributed by atoms with E-state index in [1.165, 1.54) is 23.1 Å². The quantitative estimate of drug-likeness (QED) is 0.214. The fraction of sp³-hybridized carbons (Fsp3) is 0.200. The Bertz CT molecular complexity index is 1010. The lowest BCUT2D eigenvalue weighted by Gasteiger charge is -2.11. The third kappa shape index (κ3) is 5.12. The van der Waals surface area contributed by atoms with Gasteiger partial charge < -0.3 is 9.47 Å². The number of nitrogens with zero attached hydrogens (tertiary/aromatic N) is 2. The van der Waals surface area contributed by atoms with Gasteiger partial charge in [-0.25, -0.2) is 0 Å². The zero-order chi connectivity index (χ0) is 21.0. The molecule has 0 N–H and O–H groups in total. The summed E-state index contributed by atoms with van der Waals surface area (Å²) in [6, 6.07) is 11.9. The number of thioether (sulfide) groups is 1. The summed E-state index contributed by atoms with van der Waals surface area (Å²) in [7, 11) is 1.59. The molecule has 1 saturated heterocycles. The number of thiocarbonyl (C=S) groups is 1. The number of aryl methyl sites for hydroxylation is 1. The van der Waals surface area contributed by atoms with Crippen LogP contribution >= 0.6 is 24.0 Å². The number of nitro groups is 1. The number of carbonyl (C=O) groups is 1. The van der Waals surface area contributed by atoms with Crippen LogP contribution < -0.4 is 9.47 Å². The van der Waals surface area contributed by atoms with Gasteiger partial charge in [0.1, 0.15) is 29.0 Å². The van der Waals surface area contributed by atoms with Crippen LogP contribution in [0.2, 0.25) is 0 Å². The van der Waals surface area contributed by atoms with Crippen LogP contribution in [0, 0.1) is 17.0 Å². The van der Waals surface area contributed by atoms with Crippen molar-refractivity contribution in [3.63, 3.8) is 0 Å². The molecule has 0 aliphatic carbocycles. The van der Waals surface area contributed by atoms with E-state index in [0.717, 1.165) is 23.1 Å². The number of amides is 1. The Hall–Kier alpha value is -2.91. The summed E-state index contributed by atoms with van der Waals surface area (Å²) in [4.78, 5) is 24.6. The van der Waals surface area contributed by atoms with Crippen molar-refractivity contribution in [2.45, 2.75) is 6.92 Å². The third-order valence-electron chi connectivity index (χ3n) is 4.08. The zero-order valence-corrected chi connectivity index (χ0v) is 17.4. The van der Waals surface area contributed by atoms with E-state index in [-0.39, 0.29) is 18.2 Å². The molecule has 150 valence electrons. The third-order valence-corrected chi connectivity index (χ3v) is 5.56. The summed E-state index contributed by atoms with van der Waals surface area (Å²) in [6.45, 7) is 2.52. The van der Waals surface area contributed by atoms with Crippen LogP contribution in [-0.2, 0) is 4.79 Å². The average molecular weight is 431 g/mol. The molecule has 29 heavy (non-hydrogen) atoms. The molecule has 0 saturated carbocycles. The molecule has 1 aliphatic heterocycles. The van der Waals surface area contributed by atoms with Crippen molar-refractivity contribution in [1.82, 2.24) is 4.90 Å². The molecule has 0 aromatic heterocycles. The van der Waals surface area contributed by atoms with Gasteiger partial charge >= 0.3 is 0 Å². The minimum absolute atomic E-state index is 0.0911. The minimum atomic E-state index is -0.493. The van der Waals surface area contributed by atoms with Crippen molar-refractivity contribution in [1.29, 1.82) is 0 Å². The number of rotatable bonds is 7. The molecule has 1 fully saturated rings. The van der Waals surface area contributed by atoms with Crippen LogP contribution in [0.25, 0.3) is 6.08 Å². The van der Waals surface area contributed by atoms with E-state index in [9.17, 15) is 14.9 Å². The summed E-state index contributed by atoms with van der Waals surface area (Å²) in [5, 5.41) is 11.1. The van der Waals surface area contributed by atoms with Crippen LogP contribution in [0.4, 0.5) is 5.69 Å². The van der Waals surface area contributed by atoms with Gasteiger partial charge in [-0.1, -0.05) is 36.1 Å². The first kappa shape index (κ1) is 20.8. The van der Waals surface area contributed by atoms with E-state index in [4.69, 9.17) is 21.7 Å². The number of non-ortho nitro benzene ring substituents is 1. The molecule has 0 bridgehead atoms. The van der Waals surface area contributed by atoms with E-state index >= 15 is 0 Å². The van der Waals surface area contributed by atoms with E-state index in [0.29, 0.717) is 27.1 Å². The first-order valence-corrected chi connectivity index (χ1v) is 9.90. The first-order chi connectivity index (χ1) is 13.8. The zero-order valence-electron chi connectivity index (χ0n) is 15.8. The summed E-state index contributed by atoms with van der Waals surface area (Å²) < 4.78 is 11.9. The van der Waals surface area contributed by atoms with Crippen molar-refractivity contribution in [2.24, 2.45) is 0 Å². The second-order valence-corrected chi connectivity index (χ2v) is 7.91. The average Bonchev–Trinajstić information content (AvgIpc) is 2.92. The van der Waals surface area contributed by atoms with Gasteiger partial charge in [-0.05, 0) is 36.8 Å². The second-order valence-electron chi connectivity index (χ2n) is 6.23. The summed E-state index contributed by atoms with van der Waals surface area (Å²) in [5.41, 5.74) is 1.43. The fourth-order valence-corrected chi connectivity index (χ4v) is 3.77. The molecule has 1 heterocycles. The monoisotopic (exact) mass is 430 g/mol. The largest absolute Gasteiger partial charge is 0.490 e. The second kappa shape index (κ2) is 9.06. The van der Waals surface area contributed by atoms with E-state index in [2.05, 4.69) is 0 Å². The molecule has 9 heteroatoms. The lowest BCUT2D eigenvalue weighted by molar-refractivity contribution is -0.384. The maximum Gasteiger partial charge on any atom is 0.270 e. The Morgan fingerprint density at radius 1 is 1.21 bits per heavy atom. The smallest absolute Gasteiger partial charge is 0.270 e. The fourth-order valence-electron chi connectivity index (χ4n) is 2.60. The molecule has 7 nitrogen and oxygen atoms in total. The predicted molar refractivity (Wildman–Crippen MR) is 116 cm³/mol. The molecule has 3 rings (SSSR count). The molecule has 1 amide bonds. The molecule has 2 aromatic rings. The standard InChI is InChI=1S/C20H18N2O5S2/c1-13-4-3-5-16(10-13)26-8-9-27-17-7-6-15(22(24)25)11-14(17)12-18-19(23)21(2)20(28)29-18/h3-7,10-12H,8-9H2,1-2H3/b18-12-. The van der Waals surface area contributed by atoms with Crippen molar-refractivity contribution >= 4 is 46.0 Å². The van der Waals surface area contributed by atoms with E-state index in [1.807, 2.05) is 31.2 Å². The van der Waals surface area contributed by atoms with Crippen molar-refractivity contribution < 1.29 is 19.2 Å². The minimum Gasteiger partial charge on any atom is -0.490 e. The van der Waals surface area contributed by atoms with Gasteiger partial charge in [0.15, 0.2) is 0 Å². The highest BCUT2D eigenvalue weighted by Gasteiger charge is 2.29. The lowest BCUT2D eigenvalue weighted by Crippen LogP contribution is -2.22. The maximum atomic E-state index is 12.2. The molecule has 0 radical (unpaired) electrons. The highest BCUT2D eigenvalue weighted by Crippen LogP contribution is 2.34. The Morgan fingerprint density at radius 3 is 2.62 bits per heavy atom. The number of nitro benzene ring substituents is 1. The maximum absolute atomic E-state index is 12.2. The number of hydrogen-bond donors (Lipinski definition) is 0. The van der Waals surface area contributed by atoms with Gasteiger partial charge in [0.25, 0.3) is 11.6 Å². The summed E-state index contributed by atoms with van der Waals surface area (Å²) in [6.07, 6.45) is 1.56. The molecule has 0 unspecified atom stereocenters. The van der Waals surface area contributed by atoms with Crippen LogP contribution in [0.1, 0.15) is 11.1 Å². The number of hydrogen-bond acceptors (Lipinski definition) is 7. The predicted octanol–water partition coefficient (Wildman–Crippen LogP) is 4.19. The number of likely N-dealkylation sites (N-methyl/N-ethyl adjacent to an activating group) is 1. The Morgan fingerprint density at radius 2 is 1.97 bits per heavy atom. The first-order valence-electron chi connectivity index (χ1n) is 8.67. The Labute approximate surface area is 177 Å². The van der Waals surface area contributed by atoms with Crippen LogP contribution in [0.15, 0.2) is 47.4 Å². The van der Waals surface area contributed by atoms with Gasteiger partial charge in [-0.3, -0.25) is 19.8 Å². The number of carbonyl (C=O) groups excluding carboxylic acids is 1. The summed E-state index contributed by atoms with van der Waals surface area (Å²) >= 11 is 6.27. The van der Waals surface area contributed by atoms with Crippen LogP contribution in [-0.4, -0.2) is 40.3 Å². The van der Waals surface area contributed by atoms with E-state index in [1.54, 1.807) is 13.1 Å². The van der Waals surface area contributed by atoms with Gasteiger partial charge in [-0.15, -0.1) is 0 Å². The Kier molecular flexibility index (Phi) is 6.50. The molecular weight excluding hydrogens is 412 g/mol. The Balaban J connectivity index is 1.75.